The highest BCUT2D eigenvalue weighted by molar-refractivity contribution is 7.21. The monoisotopic (exact) mass is 280 g/mol. The number of hydrogen-bond donors (Lipinski definition) is 3. The first-order valence-corrected chi connectivity index (χ1v) is 6.82. The lowest BCUT2D eigenvalue weighted by Gasteiger charge is -2.31. The molecule has 0 bridgehead atoms. The van der Waals surface area contributed by atoms with Crippen molar-refractivity contribution in [2.45, 2.75) is 25.0 Å². The van der Waals surface area contributed by atoms with Crippen molar-refractivity contribution in [3.05, 3.63) is 28.9 Å². The van der Waals surface area contributed by atoms with E-state index in [1.807, 2.05) is 0 Å². The number of halogens is 1. The van der Waals surface area contributed by atoms with Crippen molar-refractivity contribution in [2.24, 2.45) is 0 Å². The van der Waals surface area contributed by atoms with Crippen LogP contribution in [0.3, 0.4) is 0 Å². The highest BCUT2D eigenvalue weighted by Crippen LogP contribution is 2.34. The van der Waals surface area contributed by atoms with Gasteiger partial charge in [0.15, 0.2) is 0 Å². The summed E-state index contributed by atoms with van der Waals surface area (Å²) in [5.41, 5.74) is 6.22. The number of thiophene rings is 1. The summed E-state index contributed by atoms with van der Waals surface area (Å²) in [5.74, 6) is -0.623. The second kappa shape index (κ2) is 4.47. The topological polar surface area (TPSA) is 75.4 Å². The molecule has 1 amide bonds. The molecule has 1 aliphatic rings. The van der Waals surface area contributed by atoms with E-state index in [0.29, 0.717) is 28.8 Å². The molecule has 1 fully saturated rings. The lowest BCUT2D eigenvalue weighted by Crippen LogP contribution is -2.46. The van der Waals surface area contributed by atoms with Gasteiger partial charge in [0.25, 0.3) is 5.91 Å². The standard InChI is InChI=1S/C13H13FN2O2S/c14-6-1-2-10-9(3-6)11(15)12(19-10)13(18)16-7-4-8(17)5-7/h1-3,7-8,17H,4-5,15H2,(H,16,18). The van der Waals surface area contributed by atoms with Gasteiger partial charge >= 0.3 is 0 Å². The fourth-order valence-corrected chi connectivity index (χ4v) is 3.22. The molecule has 0 radical (unpaired) electrons. The molecule has 1 aliphatic carbocycles. The second-order valence-electron chi connectivity index (χ2n) is 4.78. The third-order valence-corrected chi connectivity index (χ3v) is 4.53. The Bertz CT molecular complexity index is 649. The fourth-order valence-electron chi connectivity index (χ4n) is 2.21. The molecule has 0 unspecified atom stereocenters. The Morgan fingerprint density at radius 2 is 2.21 bits per heavy atom. The summed E-state index contributed by atoms with van der Waals surface area (Å²) >= 11 is 1.25. The lowest BCUT2D eigenvalue weighted by atomic mass is 9.89. The Hall–Kier alpha value is -1.66. The Balaban J connectivity index is 1.87. The number of anilines is 1. The van der Waals surface area contributed by atoms with Crippen LogP contribution in [-0.4, -0.2) is 23.2 Å². The van der Waals surface area contributed by atoms with Gasteiger partial charge in [0.1, 0.15) is 10.7 Å². The van der Waals surface area contributed by atoms with Gasteiger partial charge in [0.2, 0.25) is 0 Å². The highest BCUT2D eigenvalue weighted by atomic mass is 32.1. The number of nitrogens with two attached hydrogens (primary N) is 1. The molecule has 100 valence electrons. The first-order chi connectivity index (χ1) is 9.04. The van der Waals surface area contributed by atoms with E-state index in [0.717, 1.165) is 4.70 Å². The van der Waals surface area contributed by atoms with Crippen LogP contribution in [0, 0.1) is 5.82 Å². The summed E-state index contributed by atoms with van der Waals surface area (Å²) in [4.78, 5) is 12.5. The Morgan fingerprint density at radius 1 is 1.47 bits per heavy atom. The van der Waals surface area contributed by atoms with E-state index in [-0.39, 0.29) is 23.9 Å². The number of carbonyl (C=O) groups is 1. The number of aliphatic hydroxyl groups is 1. The van der Waals surface area contributed by atoms with Gasteiger partial charge < -0.3 is 16.2 Å². The molecule has 1 aromatic carbocycles. The molecule has 0 saturated heterocycles. The summed E-state index contributed by atoms with van der Waals surface area (Å²) < 4.78 is 14.0. The molecule has 3 rings (SSSR count). The Morgan fingerprint density at radius 3 is 2.89 bits per heavy atom. The number of amides is 1. The van der Waals surface area contributed by atoms with E-state index in [1.165, 1.54) is 23.5 Å². The average Bonchev–Trinajstić information content (AvgIpc) is 2.65. The van der Waals surface area contributed by atoms with Crippen LogP contribution in [0.4, 0.5) is 10.1 Å². The van der Waals surface area contributed by atoms with Gasteiger partial charge in [-0.3, -0.25) is 4.79 Å². The Labute approximate surface area is 113 Å². The van der Waals surface area contributed by atoms with Gasteiger partial charge in [-0.25, -0.2) is 4.39 Å². The lowest BCUT2D eigenvalue weighted by molar-refractivity contribution is 0.0565. The molecular weight excluding hydrogens is 267 g/mol. The van der Waals surface area contributed by atoms with Crippen LogP contribution in [-0.2, 0) is 0 Å². The van der Waals surface area contributed by atoms with Gasteiger partial charge in [0.05, 0.1) is 11.8 Å². The molecule has 4 nitrogen and oxygen atoms in total. The maximum Gasteiger partial charge on any atom is 0.263 e. The predicted octanol–water partition coefficient (Wildman–Crippen LogP) is 1.88. The average molecular weight is 280 g/mol. The maximum absolute atomic E-state index is 13.2. The van der Waals surface area contributed by atoms with Gasteiger partial charge in [-0.1, -0.05) is 0 Å². The van der Waals surface area contributed by atoms with E-state index in [1.54, 1.807) is 6.07 Å². The first-order valence-electron chi connectivity index (χ1n) is 6.01. The number of carbonyl (C=O) groups excluding carboxylic acids is 1. The SMILES string of the molecule is Nc1c(C(=O)NC2CC(O)C2)sc2ccc(F)cc12. The molecular formula is C13H13FN2O2S. The minimum Gasteiger partial charge on any atom is -0.397 e. The fraction of sp³-hybridized carbons (Fsp3) is 0.308. The number of fused-ring (bicyclic) bond motifs is 1. The third kappa shape index (κ3) is 2.17. The van der Waals surface area contributed by atoms with Crippen molar-refractivity contribution in [1.29, 1.82) is 0 Å². The number of nitrogens with one attached hydrogen (secondary N) is 1. The normalized spacial score (nSPS) is 22.2. The van der Waals surface area contributed by atoms with E-state index in [9.17, 15) is 14.3 Å². The number of hydrogen-bond acceptors (Lipinski definition) is 4. The second-order valence-corrected chi connectivity index (χ2v) is 5.83. The van der Waals surface area contributed by atoms with E-state index in [4.69, 9.17) is 5.73 Å². The Kier molecular flexibility index (Phi) is 2.91. The van der Waals surface area contributed by atoms with Crippen LogP contribution in [0.5, 0.6) is 0 Å². The smallest absolute Gasteiger partial charge is 0.263 e. The zero-order valence-electron chi connectivity index (χ0n) is 10.0. The molecule has 1 heterocycles. The number of aliphatic hydroxyl groups excluding tert-OH is 1. The van der Waals surface area contributed by atoms with Crippen molar-refractivity contribution in [2.75, 3.05) is 5.73 Å². The third-order valence-electron chi connectivity index (χ3n) is 3.34. The van der Waals surface area contributed by atoms with Gasteiger partial charge in [-0.15, -0.1) is 11.3 Å². The van der Waals surface area contributed by atoms with Crippen molar-refractivity contribution < 1.29 is 14.3 Å². The molecule has 1 saturated carbocycles. The molecule has 2 aromatic rings. The summed E-state index contributed by atoms with van der Waals surface area (Å²) in [6.45, 7) is 0. The summed E-state index contributed by atoms with van der Waals surface area (Å²) in [7, 11) is 0. The van der Waals surface area contributed by atoms with Gasteiger partial charge in [-0.2, -0.15) is 0 Å². The van der Waals surface area contributed by atoms with Crippen molar-refractivity contribution in [3.63, 3.8) is 0 Å². The van der Waals surface area contributed by atoms with Crippen molar-refractivity contribution in [1.82, 2.24) is 5.32 Å². The molecule has 0 atom stereocenters. The number of benzene rings is 1. The minimum absolute atomic E-state index is 0.00356. The zero-order chi connectivity index (χ0) is 13.6. The molecule has 0 aliphatic heterocycles. The quantitative estimate of drug-likeness (QED) is 0.786. The molecule has 0 spiro atoms. The van der Waals surface area contributed by atoms with Crippen LogP contribution in [0.1, 0.15) is 22.5 Å². The van der Waals surface area contributed by atoms with E-state index < -0.39 is 0 Å². The first kappa shape index (κ1) is 12.4. The van der Waals surface area contributed by atoms with Crippen molar-refractivity contribution >= 4 is 33.0 Å². The van der Waals surface area contributed by atoms with Crippen LogP contribution < -0.4 is 11.1 Å². The predicted molar refractivity (Wildman–Crippen MR) is 72.7 cm³/mol. The largest absolute Gasteiger partial charge is 0.397 e. The minimum atomic E-state index is -0.369. The summed E-state index contributed by atoms with van der Waals surface area (Å²) in [6, 6.07) is 4.31. The van der Waals surface area contributed by atoms with Crippen LogP contribution in [0.2, 0.25) is 0 Å². The summed E-state index contributed by atoms with van der Waals surface area (Å²) in [5, 5.41) is 12.6. The van der Waals surface area contributed by atoms with Crippen LogP contribution >= 0.6 is 11.3 Å². The maximum atomic E-state index is 13.2. The van der Waals surface area contributed by atoms with Crippen LogP contribution in [0.15, 0.2) is 18.2 Å². The molecule has 4 N–H and O–H groups in total. The highest BCUT2D eigenvalue weighted by Gasteiger charge is 2.29. The van der Waals surface area contributed by atoms with E-state index >= 15 is 0 Å². The van der Waals surface area contributed by atoms with E-state index in [2.05, 4.69) is 5.32 Å². The molecule has 1 aromatic heterocycles. The number of nitrogen functional groups attached to an aromatic ring is 1. The van der Waals surface area contributed by atoms with Crippen molar-refractivity contribution in [3.8, 4) is 0 Å². The molecule has 6 heteroatoms. The van der Waals surface area contributed by atoms with Gasteiger partial charge in [-0.05, 0) is 31.0 Å². The summed E-state index contributed by atoms with van der Waals surface area (Å²) in [6.07, 6.45) is 0.829. The number of rotatable bonds is 2. The van der Waals surface area contributed by atoms with Crippen LogP contribution in [0.25, 0.3) is 10.1 Å². The van der Waals surface area contributed by atoms with Gasteiger partial charge in [0, 0.05) is 16.1 Å². The molecule has 19 heavy (non-hydrogen) atoms. The zero-order valence-corrected chi connectivity index (χ0v) is 10.8.